The van der Waals surface area contributed by atoms with Crippen LogP contribution in [0.1, 0.15) is 0 Å². The maximum atomic E-state index is 14.4. The fraction of sp³-hybridized carbons (Fsp3) is 0.136. The molecule has 1 aromatic heterocycles. The lowest BCUT2D eigenvalue weighted by molar-refractivity contribution is -0.111. The number of nitrogens with one attached hydrogen (secondary N) is 2. The molecule has 1 amide bonds. The predicted molar refractivity (Wildman–Crippen MR) is 117 cm³/mol. The van der Waals surface area contributed by atoms with E-state index < -0.39 is 5.82 Å². The van der Waals surface area contributed by atoms with Crippen molar-refractivity contribution < 1.29 is 23.9 Å². The van der Waals surface area contributed by atoms with Gasteiger partial charge in [-0.15, -0.1) is 0 Å². The van der Waals surface area contributed by atoms with E-state index in [1.165, 1.54) is 0 Å². The number of ether oxygens (including phenoxy) is 2. The van der Waals surface area contributed by atoms with Crippen LogP contribution in [0.4, 0.5) is 27.3 Å². The monoisotopic (exact) mass is 439 g/mol. The number of anilines is 3. The minimum Gasteiger partial charge on any atom is -0.491 e. The van der Waals surface area contributed by atoms with E-state index in [0.717, 1.165) is 12.3 Å². The summed E-state index contributed by atoms with van der Waals surface area (Å²) < 4.78 is 25.3. The zero-order chi connectivity index (χ0) is 22.9. The highest BCUT2D eigenvalue weighted by Crippen LogP contribution is 2.21. The number of halogens is 1. The number of methoxy groups -OCH3 is 1. The zero-order valence-electron chi connectivity index (χ0n) is 17.3. The summed E-state index contributed by atoms with van der Waals surface area (Å²) >= 11 is 0. The van der Waals surface area contributed by atoms with Gasteiger partial charge in [0.25, 0.3) is 5.62 Å². The van der Waals surface area contributed by atoms with Gasteiger partial charge in [-0.3, -0.25) is 4.79 Å². The molecule has 0 aliphatic rings. The van der Waals surface area contributed by atoms with Crippen LogP contribution in [-0.2, 0) is 9.53 Å². The summed E-state index contributed by atoms with van der Waals surface area (Å²) in [6, 6.07) is 13.4. The number of hydrogen-bond acceptors (Lipinski definition) is 7. The van der Waals surface area contributed by atoms with Gasteiger partial charge in [-0.05, 0) is 48.5 Å². The van der Waals surface area contributed by atoms with Crippen LogP contribution in [-0.4, -0.2) is 41.2 Å². The van der Waals surface area contributed by atoms with Gasteiger partial charge in [0.2, 0.25) is 5.91 Å². The summed E-state index contributed by atoms with van der Waals surface area (Å²) in [5, 5.41) is 15.4. The van der Waals surface area contributed by atoms with Crippen molar-refractivity contribution in [1.29, 1.82) is 0 Å². The third kappa shape index (κ3) is 6.16. The Morgan fingerprint density at radius 1 is 1.25 bits per heavy atom. The van der Waals surface area contributed by atoms with Crippen LogP contribution < -0.4 is 21.0 Å². The molecule has 10 heteroatoms. The van der Waals surface area contributed by atoms with E-state index >= 15 is 0 Å². The molecule has 0 spiro atoms. The van der Waals surface area contributed by atoms with Crippen LogP contribution >= 0.6 is 0 Å². The first-order chi connectivity index (χ1) is 15.5. The summed E-state index contributed by atoms with van der Waals surface area (Å²) in [7, 11) is 1.59. The average Bonchev–Trinajstić information content (AvgIpc) is 2.78. The van der Waals surface area contributed by atoms with Crippen LogP contribution in [0.3, 0.4) is 0 Å². The first-order valence-corrected chi connectivity index (χ1v) is 9.54. The maximum absolute atomic E-state index is 14.4. The van der Waals surface area contributed by atoms with Gasteiger partial charge in [0.05, 0.1) is 18.5 Å². The van der Waals surface area contributed by atoms with Gasteiger partial charge in [-0.2, -0.15) is 9.71 Å². The van der Waals surface area contributed by atoms with Gasteiger partial charge in [0.15, 0.2) is 11.6 Å². The molecule has 3 rings (SSSR count). The number of benzene rings is 2. The number of carbonyl (C=O) groups is 1. The molecule has 0 saturated carbocycles. The Hall–Kier alpha value is -4.18. The van der Waals surface area contributed by atoms with Crippen molar-refractivity contribution in [3.63, 3.8) is 0 Å². The first kappa shape index (κ1) is 22.5. The molecule has 2 aromatic carbocycles. The smallest absolute Gasteiger partial charge is 0.265 e. The summed E-state index contributed by atoms with van der Waals surface area (Å²) in [5.74, 6) is -0.686. The largest absolute Gasteiger partial charge is 0.491 e. The molecule has 1 heterocycles. The molecule has 9 nitrogen and oxygen atoms in total. The highest BCUT2D eigenvalue weighted by molar-refractivity contribution is 5.99. The Bertz CT molecular complexity index is 1160. The van der Waals surface area contributed by atoms with E-state index in [9.17, 15) is 14.4 Å². The first-order valence-electron chi connectivity index (χ1n) is 9.54. The molecule has 3 N–H and O–H groups in total. The van der Waals surface area contributed by atoms with E-state index in [4.69, 9.17) is 9.47 Å². The van der Waals surface area contributed by atoms with Crippen LogP contribution in [0.2, 0.25) is 0 Å². The lowest BCUT2D eigenvalue weighted by atomic mass is 10.2. The average molecular weight is 439 g/mol. The molecule has 0 aliphatic heterocycles. The van der Waals surface area contributed by atoms with Gasteiger partial charge in [-0.1, -0.05) is 12.6 Å². The minimum absolute atomic E-state index is 0.141. The number of nitrogens with zero attached hydrogens (tertiary/aromatic N) is 3. The van der Waals surface area contributed by atoms with Crippen molar-refractivity contribution in [2.45, 2.75) is 0 Å². The van der Waals surface area contributed by atoms with E-state index in [1.807, 2.05) is 0 Å². The van der Waals surface area contributed by atoms with E-state index in [0.29, 0.717) is 40.8 Å². The van der Waals surface area contributed by atoms with Crippen molar-refractivity contribution in [2.24, 2.45) is 4.99 Å². The van der Waals surface area contributed by atoms with Crippen molar-refractivity contribution in [3.05, 3.63) is 78.8 Å². The van der Waals surface area contributed by atoms with E-state index in [1.54, 1.807) is 55.6 Å². The molecule has 0 fully saturated rings. The molecular weight excluding hydrogens is 417 g/mol. The lowest BCUT2D eigenvalue weighted by Crippen LogP contribution is -2.24. The second kappa shape index (κ2) is 10.7. The van der Waals surface area contributed by atoms with Gasteiger partial charge in [0, 0.05) is 18.5 Å². The molecule has 0 saturated heterocycles. The minimum atomic E-state index is -0.797. The Labute approximate surface area is 183 Å². The maximum Gasteiger partial charge on any atom is 0.265 e. The van der Waals surface area contributed by atoms with Crippen molar-refractivity contribution in [1.82, 2.24) is 9.71 Å². The SMILES string of the molecule is C=CC(=O)Nc1cccc(Nc2nc(=Nc3ccc(OCCOC)cc3)n(O)cc2F)c1. The fourth-order valence-electron chi connectivity index (χ4n) is 2.57. The van der Waals surface area contributed by atoms with Crippen LogP contribution in [0.5, 0.6) is 5.75 Å². The number of amides is 1. The second-order valence-electron chi connectivity index (χ2n) is 6.43. The molecule has 3 aromatic rings. The highest BCUT2D eigenvalue weighted by Gasteiger charge is 2.09. The molecule has 32 heavy (non-hydrogen) atoms. The Balaban J connectivity index is 1.82. The number of rotatable bonds is 9. The van der Waals surface area contributed by atoms with Crippen molar-refractivity contribution >= 4 is 28.8 Å². The van der Waals surface area contributed by atoms with Crippen LogP contribution in [0, 0.1) is 5.82 Å². The number of hydrogen-bond donors (Lipinski definition) is 3. The molecule has 0 atom stereocenters. The van der Waals surface area contributed by atoms with E-state index in [2.05, 4.69) is 27.2 Å². The normalized spacial score (nSPS) is 11.1. The standard InChI is InChI=1S/C22H22FN5O4/c1-3-20(29)24-16-5-4-6-17(13-16)25-21-19(23)14-28(30)22(27-21)26-15-7-9-18(10-8-15)32-12-11-31-2/h3-10,13-14,30H,1,11-12H2,2H3,(H,24,29)(H,25,26,27). The Kier molecular flexibility index (Phi) is 7.55. The fourth-order valence-corrected chi connectivity index (χ4v) is 2.57. The molecule has 0 aliphatic carbocycles. The third-order valence-corrected chi connectivity index (χ3v) is 4.08. The van der Waals surface area contributed by atoms with Gasteiger partial charge in [0.1, 0.15) is 12.4 Å². The molecule has 0 unspecified atom stereocenters. The van der Waals surface area contributed by atoms with Gasteiger partial charge < -0.3 is 25.3 Å². The summed E-state index contributed by atoms with van der Waals surface area (Å²) in [6.07, 6.45) is 1.99. The second-order valence-corrected chi connectivity index (χ2v) is 6.43. The van der Waals surface area contributed by atoms with E-state index in [-0.39, 0.29) is 17.3 Å². The highest BCUT2D eigenvalue weighted by atomic mass is 19.1. The summed E-state index contributed by atoms with van der Waals surface area (Å²) in [4.78, 5) is 19.8. The van der Waals surface area contributed by atoms with Crippen LogP contribution in [0.15, 0.2) is 72.4 Å². The topological polar surface area (TPSA) is 110 Å². The predicted octanol–water partition coefficient (Wildman–Crippen LogP) is 3.39. The van der Waals surface area contributed by atoms with Crippen molar-refractivity contribution in [3.8, 4) is 5.75 Å². The lowest BCUT2D eigenvalue weighted by Gasteiger charge is -2.10. The number of carbonyl (C=O) groups excluding carboxylic acids is 1. The molecule has 166 valence electrons. The van der Waals surface area contributed by atoms with Gasteiger partial charge >= 0.3 is 0 Å². The van der Waals surface area contributed by atoms with Gasteiger partial charge in [-0.25, -0.2) is 9.38 Å². The van der Waals surface area contributed by atoms with Crippen molar-refractivity contribution in [2.75, 3.05) is 31.0 Å². The zero-order valence-corrected chi connectivity index (χ0v) is 17.3. The molecular formula is C22H22FN5O4. The molecule has 0 bridgehead atoms. The summed E-state index contributed by atoms with van der Waals surface area (Å²) in [6.45, 7) is 4.28. The Morgan fingerprint density at radius 2 is 2.00 bits per heavy atom. The third-order valence-electron chi connectivity index (χ3n) is 4.08. The summed E-state index contributed by atoms with van der Waals surface area (Å²) in [5.41, 5.74) is 1.30. The Morgan fingerprint density at radius 3 is 2.72 bits per heavy atom. The molecule has 0 radical (unpaired) electrons. The quantitative estimate of drug-likeness (QED) is 0.268. The number of aromatic nitrogens is 2. The van der Waals surface area contributed by atoms with Crippen LogP contribution in [0.25, 0.3) is 0 Å².